The van der Waals surface area contributed by atoms with Crippen molar-refractivity contribution in [1.82, 2.24) is 10.2 Å². The first-order valence-corrected chi connectivity index (χ1v) is 5.87. The summed E-state index contributed by atoms with van der Waals surface area (Å²) in [6, 6.07) is 0.450. The third-order valence-corrected chi connectivity index (χ3v) is 4.02. The Balaban J connectivity index is 1.96. The monoisotopic (exact) mass is 208 g/mol. The second-order valence-corrected chi connectivity index (χ2v) is 4.85. The number of Topliss-reactive ketones (excluding diaryl/α,β-unsaturated/α-hetero) is 1. The molecule has 4 heteroatoms. The van der Waals surface area contributed by atoms with Crippen molar-refractivity contribution in [2.24, 2.45) is 5.92 Å². The minimum absolute atomic E-state index is 0.0478. The van der Waals surface area contributed by atoms with Crippen LogP contribution in [0.2, 0.25) is 0 Å². The van der Waals surface area contributed by atoms with Crippen LogP contribution in [0, 0.1) is 5.92 Å². The van der Waals surface area contributed by atoms with E-state index in [1.54, 1.807) is 0 Å². The molecule has 3 rings (SSSR count). The number of rotatable bonds is 0. The molecule has 1 N–H and O–H groups in total. The highest BCUT2D eigenvalue weighted by Crippen LogP contribution is 2.35. The van der Waals surface area contributed by atoms with Gasteiger partial charge >= 0.3 is 6.03 Å². The summed E-state index contributed by atoms with van der Waals surface area (Å²) in [5.41, 5.74) is 0. The molecule has 3 aliphatic rings. The van der Waals surface area contributed by atoms with Crippen LogP contribution in [-0.4, -0.2) is 35.3 Å². The van der Waals surface area contributed by atoms with Gasteiger partial charge in [0.2, 0.25) is 0 Å². The Hall–Kier alpha value is -1.06. The maximum atomic E-state index is 11.9. The van der Waals surface area contributed by atoms with E-state index in [4.69, 9.17) is 0 Å². The fraction of sp³-hybridized carbons (Fsp3) is 0.818. The lowest BCUT2D eigenvalue weighted by molar-refractivity contribution is -0.124. The first-order chi connectivity index (χ1) is 7.27. The van der Waals surface area contributed by atoms with E-state index < -0.39 is 0 Å². The fourth-order valence-electron chi connectivity index (χ4n) is 3.36. The maximum absolute atomic E-state index is 11.9. The van der Waals surface area contributed by atoms with E-state index >= 15 is 0 Å². The van der Waals surface area contributed by atoms with Gasteiger partial charge in [0.05, 0.1) is 12.1 Å². The molecule has 0 bridgehead atoms. The molecule has 15 heavy (non-hydrogen) atoms. The van der Waals surface area contributed by atoms with Gasteiger partial charge in [0.1, 0.15) is 5.78 Å². The molecule has 0 aromatic rings. The summed E-state index contributed by atoms with van der Waals surface area (Å²) in [7, 11) is 0. The average Bonchev–Trinajstić information content (AvgIpc) is 2.43. The van der Waals surface area contributed by atoms with E-state index in [0.29, 0.717) is 12.2 Å². The van der Waals surface area contributed by atoms with Crippen LogP contribution in [0.1, 0.15) is 32.1 Å². The van der Waals surface area contributed by atoms with Crippen LogP contribution in [0.25, 0.3) is 0 Å². The number of nitrogens with one attached hydrogen (secondary N) is 1. The zero-order chi connectivity index (χ0) is 10.4. The molecule has 2 saturated heterocycles. The zero-order valence-electron chi connectivity index (χ0n) is 8.74. The SMILES string of the molecule is O=C1CCCN2C(=O)NC3CCCC1C32. The standard InChI is InChI=1S/C11H16N2O2/c14-9-5-2-6-13-10-7(9)3-1-4-8(10)12-11(13)15/h7-8,10H,1-6H2,(H,12,15). The third kappa shape index (κ3) is 1.27. The van der Waals surface area contributed by atoms with Crippen LogP contribution in [-0.2, 0) is 4.79 Å². The van der Waals surface area contributed by atoms with Crippen LogP contribution >= 0.6 is 0 Å². The molecule has 1 saturated carbocycles. The molecule has 1 aliphatic carbocycles. The molecule has 0 radical (unpaired) electrons. The largest absolute Gasteiger partial charge is 0.333 e. The Labute approximate surface area is 89.0 Å². The van der Waals surface area contributed by atoms with Gasteiger partial charge in [-0.3, -0.25) is 4.79 Å². The molecule has 2 amide bonds. The first-order valence-electron chi connectivity index (χ1n) is 5.87. The Morgan fingerprint density at radius 3 is 2.93 bits per heavy atom. The number of amides is 2. The van der Waals surface area contributed by atoms with Gasteiger partial charge in [-0.1, -0.05) is 6.42 Å². The van der Waals surface area contributed by atoms with Crippen LogP contribution in [0.5, 0.6) is 0 Å². The maximum Gasteiger partial charge on any atom is 0.318 e. The van der Waals surface area contributed by atoms with E-state index in [-0.39, 0.29) is 24.0 Å². The van der Waals surface area contributed by atoms with Crippen LogP contribution in [0.15, 0.2) is 0 Å². The topological polar surface area (TPSA) is 49.4 Å². The van der Waals surface area contributed by atoms with Crippen molar-refractivity contribution in [2.45, 2.75) is 44.2 Å². The van der Waals surface area contributed by atoms with Crippen LogP contribution in [0.3, 0.4) is 0 Å². The Kier molecular flexibility index (Phi) is 1.97. The van der Waals surface area contributed by atoms with E-state index in [9.17, 15) is 9.59 Å². The van der Waals surface area contributed by atoms with E-state index in [1.807, 2.05) is 4.90 Å². The predicted molar refractivity (Wildman–Crippen MR) is 54.4 cm³/mol. The number of carbonyl (C=O) groups is 2. The van der Waals surface area contributed by atoms with Crippen LogP contribution in [0.4, 0.5) is 4.79 Å². The second kappa shape index (κ2) is 3.22. The van der Waals surface area contributed by atoms with Crippen molar-refractivity contribution < 1.29 is 9.59 Å². The summed E-state index contributed by atoms with van der Waals surface area (Å²) in [6.45, 7) is 0.759. The molecular formula is C11H16N2O2. The lowest BCUT2D eigenvalue weighted by atomic mass is 9.79. The third-order valence-electron chi connectivity index (χ3n) is 4.02. The quantitative estimate of drug-likeness (QED) is 0.643. The molecule has 0 aromatic heterocycles. The van der Waals surface area contributed by atoms with Crippen molar-refractivity contribution in [3.63, 3.8) is 0 Å². The lowest BCUT2D eigenvalue weighted by Gasteiger charge is -2.34. The average molecular weight is 208 g/mol. The molecule has 2 heterocycles. The highest BCUT2D eigenvalue weighted by Gasteiger charge is 2.48. The molecule has 0 aromatic carbocycles. The molecule has 2 aliphatic heterocycles. The second-order valence-electron chi connectivity index (χ2n) is 4.85. The van der Waals surface area contributed by atoms with E-state index in [0.717, 1.165) is 32.2 Å². The highest BCUT2D eigenvalue weighted by atomic mass is 16.2. The number of hydrogen-bond donors (Lipinski definition) is 1. The molecule has 82 valence electrons. The van der Waals surface area contributed by atoms with Gasteiger partial charge in [0, 0.05) is 18.9 Å². The van der Waals surface area contributed by atoms with Gasteiger partial charge in [0.25, 0.3) is 0 Å². The lowest BCUT2D eigenvalue weighted by Crippen LogP contribution is -2.46. The van der Waals surface area contributed by atoms with Crippen LogP contribution < -0.4 is 5.32 Å². The number of hydrogen-bond acceptors (Lipinski definition) is 2. The fourth-order valence-corrected chi connectivity index (χ4v) is 3.36. The molecule has 3 fully saturated rings. The summed E-state index contributed by atoms with van der Waals surface area (Å²) in [5.74, 6) is 0.494. The van der Waals surface area contributed by atoms with Crippen molar-refractivity contribution in [3.05, 3.63) is 0 Å². The van der Waals surface area contributed by atoms with Crippen molar-refractivity contribution in [3.8, 4) is 0 Å². The van der Waals surface area contributed by atoms with Gasteiger partial charge in [-0.15, -0.1) is 0 Å². The van der Waals surface area contributed by atoms with Gasteiger partial charge in [-0.25, -0.2) is 4.79 Å². The van der Waals surface area contributed by atoms with E-state index in [1.165, 1.54) is 0 Å². The van der Waals surface area contributed by atoms with Gasteiger partial charge in [-0.05, 0) is 19.3 Å². The predicted octanol–water partition coefficient (Wildman–Crippen LogP) is 0.912. The van der Waals surface area contributed by atoms with Crippen molar-refractivity contribution >= 4 is 11.8 Å². The smallest absolute Gasteiger partial charge is 0.318 e. The molecular weight excluding hydrogens is 192 g/mol. The summed E-state index contributed by atoms with van der Waals surface area (Å²) in [4.78, 5) is 25.5. The number of carbonyl (C=O) groups excluding carboxylic acids is 2. The minimum atomic E-state index is 0.0478. The van der Waals surface area contributed by atoms with Crippen molar-refractivity contribution in [2.75, 3.05) is 6.54 Å². The molecule has 4 nitrogen and oxygen atoms in total. The van der Waals surface area contributed by atoms with Crippen molar-refractivity contribution in [1.29, 1.82) is 0 Å². The van der Waals surface area contributed by atoms with Gasteiger partial charge < -0.3 is 10.2 Å². The molecule has 3 unspecified atom stereocenters. The Morgan fingerprint density at radius 2 is 2.07 bits per heavy atom. The summed E-state index contributed by atoms with van der Waals surface area (Å²) in [6.07, 6.45) is 4.59. The summed E-state index contributed by atoms with van der Waals surface area (Å²) in [5, 5.41) is 3.01. The molecule has 3 atom stereocenters. The number of nitrogens with zero attached hydrogens (tertiary/aromatic N) is 1. The number of ketones is 1. The van der Waals surface area contributed by atoms with Gasteiger partial charge in [0.15, 0.2) is 0 Å². The first kappa shape index (κ1) is 9.19. The zero-order valence-corrected chi connectivity index (χ0v) is 8.74. The van der Waals surface area contributed by atoms with E-state index in [2.05, 4.69) is 5.32 Å². The normalized spacial score (nSPS) is 39.7. The highest BCUT2D eigenvalue weighted by molar-refractivity contribution is 5.86. The summed E-state index contributed by atoms with van der Waals surface area (Å²) >= 11 is 0. The minimum Gasteiger partial charge on any atom is -0.333 e. The Bertz CT molecular complexity index is 316. The van der Waals surface area contributed by atoms with Gasteiger partial charge in [-0.2, -0.15) is 0 Å². The Morgan fingerprint density at radius 1 is 1.20 bits per heavy atom. The molecule has 0 spiro atoms. The summed E-state index contributed by atoms with van der Waals surface area (Å²) < 4.78 is 0. The number of urea groups is 1.